The van der Waals surface area contributed by atoms with Crippen LogP contribution >= 0.6 is 0 Å². The highest BCUT2D eigenvalue weighted by Gasteiger charge is 2.22. The van der Waals surface area contributed by atoms with E-state index in [0.29, 0.717) is 12.5 Å². The Morgan fingerprint density at radius 2 is 2.21 bits per heavy atom. The van der Waals surface area contributed by atoms with Gasteiger partial charge in [0.25, 0.3) is 0 Å². The molecule has 3 aromatic rings. The molecule has 0 aliphatic heterocycles. The maximum absolute atomic E-state index is 11.8. The number of amides is 1. The maximum atomic E-state index is 11.8. The monoisotopic (exact) mass is 320 g/mol. The number of nitrogens with zero attached hydrogens (tertiary/aromatic N) is 2. The lowest BCUT2D eigenvalue weighted by molar-refractivity contribution is -0.121. The number of hydrogen-bond donors (Lipinski definition) is 2. The Morgan fingerprint density at radius 1 is 1.33 bits per heavy atom. The Morgan fingerprint density at radius 3 is 2.96 bits per heavy atom. The fourth-order valence-corrected chi connectivity index (χ4v) is 2.91. The molecular weight excluding hydrogens is 300 g/mol. The van der Waals surface area contributed by atoms with Gasteiger partial charge in [0.2, 0.25) is 5.91 Å². The number of aromatic amines is 1. The standard InChI is InChI=1S/C19H20N4O/c1-12-10-17(19-20-8-9-21-19)23-16-6-2-13(11-15(12)16)3-7-18(24)22-14-4-5-14/h2,6,8-11,14H,3-5,7H2,1H3,(H,20,21)(H,22,24). The van der Waals surface area contributed by atoms with E-state index in [1.807, 2.05) is 12.1 Å². The van der Waals surface area contributed by atoms with Gasteiger partial charge < -0.3 is 10.3 Å². The number of nitrogens with one attached hydrogen (secondary N) is 2. The van der Waals surface area contributed by atoms with E-state index in [4.69, 9.17) is 0 Å². The number of aromatic nitrogens is 3. The third kappa shape index (κ3) is 3.15. The molecule has 0 atom stereocenters. The van der Waals surface area contributed by atoms with Gasteiger partial charge in [0, 0.05) is 30.2 Å². The van der Waals surface area contributed by atoms with E-state index in [1.165, 1.54) is 5.56 Å². The fourth-order valence-electron chi connectivity index (χ4n) is 2.91. The van der Waals surface area contributed by atoms with Crippen molar-refractivity contribution in [3.8, 4) is 11.5 Å². The van der Waals surface area contributed by atoms with Gasteiger partial charge in [-0.15, -0.1) is 0 Å². The van der Waals surface area contributed by atoms with Crippen LogP contribution in [0.15, 0.2) is 36.7 Å². The number of benzene rings is 1. The van der Waals surface area contributed by atoms with E-state index in [9.17, 15) is 4.79 Å². The zero-order valence-electron chi connectivity index (χ0n) is 13.7. The van der Waals surface area contributed by atoms with Crippen molar-refractivity contribution in [1.82, 2.24) is 20.3 Å². The van der Waals surface area contributed by atoms with Crippen molar-refractivity contribution in [3.63, 3.8) is 0 Å². The highest BCUT2D eigenvalue weighted by molar-refractivity contribution is 5.85. The predicted octanol–water partition coefficient (Wildman–Crippen LogP) is 3.14. The molecule has 24 heavy (non-hydrogen) atoms. The molecule has 0 radical (unpaired) electrons. The van der Waals surface area contributed by atoms with Gasteiger partial charge in [0.15, 0.2) is 5.82 Å². The van der Waals surface area contributed by atoms with E-state index in [-0.39, 0.29) is 5.91 Å². The van der Waals surface area contributed by atoms with Crippen LogP contribution in [0.3, 0.4) is 0 Å². The smallest absolute Gasteiger partial charge is 0.220 e. The van der Waals surface area contributed by atoms with Crippen LogP contribution < -0.4 is 5.32 Å². The van der Waals surface area contributed by atoms with Crippen LogP contribution in [0.2, 0.25) is 0 Å². The number of fused-ring (bicyclic) bond motifs is 1. The molecule has 1 amide bonds. The molecule has 1 saturated carbocycles. The van der Waals surface area contributed by atoms with Gasteiger partial charge >= 0.3 is 0 Å². The van der Waals surface area contributed by atoms with E-state index in [2.05, 4.69) is 39.3 Å². The van der Waals surface area contributed by atoms with Crippen LogP contribution in [0.1, 0.15) is 30.4 Å². The fraction of sp³-hybridized carbons (Fsp3) is 0.316. The van der Waals surface area contributed by atoms with Crippen LogP contribution in [-0.2, 0) is 11.2 Å². The summed E-state index contributed by atoms with van der Waals surface area (Å²) in [6, 6.07) is 8.72. The lowest BCUT2D eigenvalue weighted by Crippen LogP contribution is -2.25. The first-order valence-corrected chi connectivity index (χ1v) is 8.38. The molecule has 0 unspecified atom stereocenters. The lowest BCUT2D eigenvalue weighted by Gasteiger charge is -2.08. The van der Waals surface area contributed by atoms with Crippen LogP contribution in [0.5, 0.6) is 0 Å². The van der Waals surface area contributed by atoms with Gasteiger partial charge in [-0.1, -0.05) is 6.07 Å². The number of hydrogen-bond acceptors (Lipinski definition) is 3. The minimum absolute atomic E-state index is 0.153. The molecule has 0 saturated heterocycles. The number of H-pyrrole nitrogens is 1. The summed E-state index contributed by atoms with van der Waals surface area (Å²) in [4.78, 5) is 23.9. The lowest BCUT2D eigenvalue weighted by atomic mass is 10.0. The Kier molecular flexibility index (Phi) is 3.76. The minimum Gasteiger partial charge on any atom is -0.353 e. The Labute approximate surface area is 140 Å². The Balaban J connectivity index is 1.55. The molecule has 1 fully saturated rings. The summed E-state index contributed by atoms with van der Waals surface area (Å²) in [5.74, 6) is 0.932. The third-order valence-electron chi connectivity index (χ3n) is 4.40. The maximum Gasteiger partial charge on any atom is 0.220 e. The molecular formula is C19H20N4O. The van der Waals surface area contributed by atoms with Crippen LogP contribution in [0, 0.1) is 6.92 Å². The van der Waals surface area contributed by atoms with Crippen molar-refractivity contribution in [1.29, 1.82) is 0 Å². The number of rotatable bonds is 5. The van der Waals surface area contributed by atoms with Gasteiger partial charge in [-0.3, -0.25) is 4.79 Å². The molecule has 1 aliphatic carbocycles. The molecule has 122 valence electrons. The first-order valence-electron chi connectivity index (χ1n) is 8.38. The minimum atomic E-state index is 0.153. The molecule has 5 nitrogen and oxygen atoms in total. The highest BCUT2D eigenvalue weighted by atomic mass is 16.1. The summed E-state index contributed by atoms with van der Waals surface area (Å²) >= 11 is 0. The quantitative estimate of drug-likeness (QED) is 0.758. The van der Waals surface area contributed by atoms with E-state index >= 15 is 0 Å². The number of aryl methyl sites for hydroxylation is 2. The number of carbonyl (C=O) groups is 1. The van der Waals surface area contributed by atoms with Crippen molar-refractivity contribution in [2.45, 2.75) is 38.6 Å². The van der Waals surface area contributed by atoms with Gasteiger partial charge in [-0.25, -0.2) is 9.97 Å². The molecule has 0 bridgehead atoms. The number of imidazole rings is 1. The van der Waals surface area contributed by atoms with Crippen molar-refractivity contribution >= 4 is 16.8 Å². The van der Waals surface area contributed by atoms with Crippen molar-refractivity contribution < 1.29 is 4.79 Å². The van der Waals surface area contributed by atoms with Crippen LogP contribution in [0.25, 0.3) is 22.4 Å². The van der Waals surface area contributed by atoms with Gasteiger partial charge in [-0.05, 0) is 55.5 Å². The van der Waals surface area contributed by atoms with Gasteiger partial charge in [0.05, 0.1) is 5.52 Å². The molecule has 0 spiro atoms. The Bertz CT molecular complexity index is 882. The summed E-state index contributed by atoms with van der Waals surface area (Å²) in [5, 5.41) is 4.16. The zero-order valence-corrected chi connectivity index (χ0v) is 13.7. The summed E-state index contributed by atoms with van der Waals surface area (Å²) in [7, 11) is 0. The molecule has 1 aromatic carbocycles. The second-order valence-electron chi connectivity index (χ2n) is 6.46. The molecule has 2 aromatic heterocycles. The van der Waals surface area contributed by atoms with E-state index < -0.39 is 0 Å². The SMILES string of the molecule is Cc1cc(-c2ncc[nH]2)nc2ccc(CCC(=O)NC3CC3)cc12. The molecule has 2 N–H and O–H groups in total. The van der Waals surface area contributed by atoms with Crippen molar-refractivity contribution in [2.24, 2.45) is 0 Å². The Hall–Kier alpha value is -2.69. The molecule has 5 heteroatoms. The topological polar surface area (TPSA) is 70.7 Å². The molecule has 4 rings (SSSR count). The first-order chi connectivity index (χ1) is 11.7. The van der Waals surface area contributed by atoms with Crippen LogP contribution in [-0.4, -0.2) is 26.9 Å². The summed E-state index contributed by atoms with van der Waals surface area (Å²) in [5.41, 5.74) is 4.13. The largest absolute Gasteiger partial charge is 0.353 e. The van der Waals surface area contributed by atoms with E-state index in [1.54, 1.807) is 12.4 Å². The van der Waals surface area contributed by atoms with Gasteiger partial charge in [0.1, 0.15) is 5.69 Å². The first kappa shape index (κ1) is 14.9. The second-order valence-corrected chi connectivity index (χ2v) is 6.46. The van der Waals surface area contributed by atoms with Gasteiger partial charge in [-0.2, -0.15) is 0 Å². The van der Waals surface area contributed by atoms with Crippen LogP contribution in [0.4, 0.5) is 0 Å². The zero-order chi connectivity index (χ0) is 16.5. The summed E-state index contributed by atoms with van der Waals surface area (Å²) < 4.78 is 0. The number of pyridine rings is 1. The normalized spacial score (nSPS) is 14.0. The predicted molar refractivity (Wildman–Crippen MR) is 93.5 cm³/mol. The second kappa shape index (κ2) is 6.07. The average Bonchev–Trinajstić information content (AvgIpc) is 3.22. The molecule has 2 heterocycles. The highest BCUT2D eigenvalue weighted by Crippen LogP contribution is 2.24. The van der Waals surface area contributed by atoms with Crippen molar-refractivity contribution in [2.75, 3.05) is 0 Å². The summed E-state index contributed by atoms with van der Waals surface area (Å²) in [6.45, 7) is 2.08. The van der Waals surface area contributed by atoms with Crippen molar-refractivity contribution in [3.05, 3.63) is 47.8 Å². The third-order valence-corrected chi connectivity index (χ3v) is 4.40. The molecule has 1 aliphatic rings. The average molecular weight is 320 g/mol. The van der Waals surface area contributed by atoms with E-state index in [0.717, 1.165) is 47.2 Å². The number of carbonyl (C=O) groups excluding carboxylic acids is 1. The summed E-state index contributed by atoms with van der Waals surface area (Å²) in [6.07, 6.45) is 7.08.